The number of rotatable bonds is 3. The summed E-state index contributed by atoms with van der Waals surface area (Å²) in [5.41, 5.74) is 0.677. The molecule has 114 valence electrons. The fourth-order valence-electron chi connectivity index (χ4n) is 2.58. The van der Waals surface area contributed by atoms with Crippen molar-refractivity contribution in [1.82, 2.24) is 5.32 Å². The van der Waals surface area contributed by atoms with Gasteiger partial charge in [-0.15, -0.1) is 0 Å². The molecule has 0 spiro atoms. The van der Waals surface area contributed by atoms with E-state index in [2.05, 4.69) is 10.6 Å². The molecule has 0 aromatic heterocycles. The van der Waals surface area contributed by atoms with Gasteiger partial charge in [0, 0.05) is 18.4 Å². The van der Waals surface area contributed by atoms with Crippen molar-refractivity contribution >= 4 is 11.7 Å². The van der Waals surface area contributed by atoms with E-state index in [4.69, 9.17) is 14.2 Å². The lowest BCUT2D eigenvalue weighted by atomic mass is 10.1. The smallest absolute Gasteiger partial charge is 0.319 e. The Bertz CT molecular complexity index is 514. The van der Waals surface area contributed by atoms with Gasteiger partial charge in [0.2, 0.25) is 0 Å². The maximum absolute atomic E-state index is 12.0. The Balaban J connectivity index is 1.56. The zero-order chi connectivity index (χ0) is 14.7. The Morgan fingerprint density at radius 3 is 2.81 bits per heavy atom. The van der Waals surface area contributed by atoms with E-state index in [1.807, 2.05) is 6.92 Å². The molecular formula is C15H20N2O4. The third-order valence-electron chi connectivity index (χ3n) is 3.68. The molecule has 1 aromatic carbocycles. The second kappa shape index (κ2) is 6.22. The number of carbonyl (C=O) groups excluding carboxylic acids is 1. The summed E-state index contributed by atoms with van der Waals surface area (Å²) < 4.78 is 16.5. The van der Waals surface area contributed by atoms with Crippen molar-refractivity contribution < 1.29 is 19.0 Å². The fourth-order valence-corrected chi connectivity index (χ4v) is 2.58. The summed E-state index contributed by atoms with van der Waals surface area (Å²) >= 11 is 0. The number of carbonyl (C=O) groups is 1. The van der Waals surface area contributed by atoms with Crippen LogP contribution in [-0.4, -0.2) is 38.0 Å². The summed E-state index contributed by atoms with van der Waals surface area (Å²) in [4.78, 5) is 12.0. The molecule has 2 unspecified atom stereocenters. The Labute approximate surface area is 123 Å². The summed E-state index contributed by atoms with van der Waals surface area (Å²) in [6.07, 6.45) is 2.15. The lowest BCUT2D eigenvalue weighted by molar-refractivity contribution is 0.0868. The second-order valence-corrected chi connectivity index (χ2v) is 5.30. The largest absolute Gasteiger partial charge is 0.486 e. The highest BCUT2D eigenvalue weighted by Crippen LogP contribution is 2.32. The number of anilines is 1. The molecule has 2 atom stereocenters. The molecule has 1 fully saturated rings. The van der Waals surface area contributed by atoms with E-state index in [9.17, 15) is 4.79 Å². The van der Waals surface area contributed by atoms with Crippen LogP contribution in [0.3, 0.4) is 0 Å². The Morgan fingerprint density at radius 2 is 2.05 bits per heavy atom. The molecule has 0 saturated carbocycles. The first kappa shape index (κ1) is 14.0. The van der Waals surface area contributed by atoms with Gasteiger partial charge in [-0.2, -0.15) is 0 Å². The van der Waals surface area contributed by atoms with Crippen LogP contribution in [0.4, 0.5) is 10.5 Å². The van der Waals surface area contributed by atoms with E-state index in [0.717, 1.165) is 19.4 Å². The monoisotopic (exact) mass is 292 g/mol. The molecule has 21 heavy (non-hydrogen) atoms. The summed E-state index contributed by atoms with van der Waals surface area (Å²) in [5.74, 6) is 1.37. The Morgan fingerprint density at radius 1 is 1.24 bits per heavy atom. The van der Waals surface area contributed by atoms with Crippen LogP contribution in [0, 0.1) is 0 Å². The number of benzene rings is 1. The van der Waals surface area contributed by atoms with Crippen molar-refractivity contribution in [1.29, 1.82) is 0 Å². The third-order valence-corrected chi connectivity index (χ3v) is 3.68. The van der Waals surface area contributed by atoms with Gasteiger partial charge in [0.05, 0.1) is 12.1 Å². The molecule has 6 heteroatoms. The predicted molar refractivity (Wildman–Crippen MR) is 78.0 cm³/mol. The quantitative estimate of drug-likeness (QED) is 0.895. The maximum atomic E-state index is 12.0. The van der Waals surface area contributed by atoms with Crippen LogP contribution < -0.4 is 20.1 Å². The zero-order valence-electron chi connectivity index (χ0n) is 12.1. The van der Waals surface area contributed by atoms with E-state index in [-0.39, 0.29) is 18.2 Å². The molecule has 1 saturated heterocycles. The molecule has 3 rings (SSSR count). The summed E-state index contributed by atoms with van der Waals surface area (Å²) in [6.45, 7) is 3.82. The lowest BCUT2D eigenvalue weighted by Gasteiger charge is -2.21. The van der Waals surface area contributed by atoms with Crippen molar-refractivity contribution in [2.45, 2.75) is 31.9 Å². The number of nitrogens with one attached hydrogen (secondary N) is 2. The first-order chi connectivity index (χ1) is 10.2. The second-order valence-electron chi connectivity index (χ2n) is 5.30. The summed E-state index contributed by atoms with van der Waals surface area (Å²) in [6, 6.07) is 5.11. The number of hydrogen-bond donors (Lipinski definition) is 2. The topological polar surface area (TPSA) is 68.8 Å². The average Bonchev–Trinajstić information content (AvgIpc) is 3.01. The van der Waals surface area contributed by atoms with Crippen molar-refractivity contribution in [3.63, 3.8) is 0 Å². The zero-order valence-corrected chi connectivity index (χ0v) is 12.1. The predicted octanol–water partition coefficient (Wildman–Crippen LogP) is 2.15. The number of fused-ring (bicyclic) bond motifs is 1. The molecule has 6 nitrogen and oxygen atoms in total. The molecule has 0 radical (unpaired) electrons. The molecule has 0 aliphatic carbocycles. The van der Waals surface area contributed by atoms with Crippen molar-refractivity contribution in [2.75, 3.05) is 25.1 Å². The van der Waals surface area contributed by atoms with E-state index in [1.54, 1.807) is 18.2 Å². The number of urea groups is 1. The Hall–Kier alpha value is -1.95. The highest BCUT2D eigenvalue weighted by molar-refractivity contribution is 5.89. The van der Waals surface area contributed by atoms with Gasteiger partial charge in [0.1, 0.15) is 13.2 Å². The summed E-state index contributed by atoms with van der Waals surface area (Å²) in [7, 11) is 0. The minimum atomic E-state index is -0.241. The normalized spacial score (nSPS) is 21.7. The Kier molecular flexibility index (Phi) is 4.15. The SMILES string of the molecule is CC(NC(=O)Nc1ccc2c(c1)OCCO2)C1CCCO1. The van der Waals surface area contributed by atoms with Crippen molar-refractivity contribution in [2.24, 2.45) is 0 Å². The van der Waals surface area contributed by atoms with Gasteiger partial charge in [0.25, 0.3) is 0 Å². The first-order valence-corrected chi connectivity index (χ1v) is 7.31. The van der Waals surface area contributed by atoms with Crippen molar-refractivity contribution in [3.05, 3.63) is 18.2 Å². The average molecular weight is 292 g/mol. The van der Waals surface area contributed by atoms with Gasteiger partial charge in [-0.25, -0.2) is 4.79 Å². The van der Waals surface area contributed by atoms with Crippen LogP contribution in [0.2, 0.25) is 0 Å². The molecular weight excluding hydrogens is 272 g/mol. The van der Waals surface area contributed by atoms with Gasteiger partial charge < -0.3 is 24.8 Å². The number of hydrogen-bond acceptors (Lipinski definition) is 4. The van der Waals surface area contributed by atoms with E-state index >= 15 is 0 Å². The number of ether oxygens (including phenoxy) is 3. The molecule has 2 heterocycles. The van der Waals surface area contributed by atoms with E-state index < -0.39 is 0 Å². The van der Waals surface area contributed by atoms with Crippen LogP contribution in [0.1, 0.15) is 19.8 Å². The van der Waals surface area contributed by atoms with Crippen LogP contribution in [0.25, 0.3) is 0 Å². The van der Waals surface area contributed by atoms with Gasteiger partial charge in [-0.3, -0.25) is 0 Å². The fraction of sp³-hybridized carbons (Fsp3) is 0.533. The van der Waals surface area contributed by atoms with Gasteiger partial charge in [-0.1, -0.05) is 0 Å². The first-order valence-electron chi connectivity index (χ1n) is 7.31. The highest BCUT2D eigenvalue weighted by atomic mass is 16.6. The molecule has 1 aromatic rings. The highest BCUT2D eigenvalue weighted by Gasteiger charge is 2.23. The van der Waals surface area contributed by atoms with Crippen LogP contribution in [0.5, 0.6) is 11.5 Å². The van der Waals surface area contributed by atoms with Crippen molar-refractivity contribution in [3.8, 4) is 11.5 Å². The van der Waals surface area contributed by atoms with Crippen LogP contribution in [-0.2, 0) is 4.74 Å². The lowest BCUT2D eigenvalue weighted by Crippen LogP contribution is -2.42. The van der Waals surface area contributed by atoms with Crippen LogP contribution in [0.15, 0.2) is 18.2 Å². The molecule has 2 aliphatic heterocycles. The summed E-state index contributed by atoms with van der Waals surface area (Å²) in [5, 5.41) is 5.71. The molecule has 2 N–H and O–H groups in total. The van der Waals surface area contributed by atoms with Crippen LogP contribution >= 0.6 is 0 Å². The minimum Gasteiger partial charge on any atom is -0.486 e. The standard InChI is InChI=1S/C15H20N2O4/c1-10(12-3-2-6-19-12)16-15(18)17-11-4-5-13-14(9-11)21-8-7-20-13/h4-5,9-10,12H,2-3,6-8H2,1H3,(H2,16,17,18). The van der Waals surface area contributed by atoms with E-state index in [1.165, 1.54) is 0 Å². The van der Waals surface area contributed by atoms with Gasteiger partial charge >= 0.3 is 6.03 Å². The number of amides is 2. The van der Waals surface area contributed by atoms with Gasteiger partial charge in [-0.05, 0) is 31.9 Å². The molecule has 0 bridgehead atoms. The molecule has 2 amide bonds. The third kappa shape index (κ3) is 3.39. The maximum Gasteiger partial charge on any atom is 0.319 e. The minimum absolute atomic E-state index is 0.00953. The molecule has 2 aliphatic rings. The van der Waals surface area contributed by atoms with E-state index in [0.29, 0.717) is 30.4 Å². The van der Waals surface area contributed by atoms with Gasteiger partial charge in [0.15, 0.2) is 11.5 Å².